The van der Waals surface area contributed by atoms with Crippen LogP contribution >= 0.6 is 0 Å². The van der Waals surface area contributed by atoms with E-state index in [1.165, 1.54) is 6.07 Å². The minimum Gasteiger partial charge on any atom is -0.409 e. The highest BCUT2D eigenvalue weighted by Gasteiger charge is 2.22. The quantitative estimate of drug-likeness (QED) is 0.382. The largest absolute Gasteiger partial charge is 0.409 e. The van der Waals surface area contributed by atoms with Crippen LogP contribution in [0.4, 0.5) is 4.39 Å². The van der Waals surface area contributed by atoms with E-state index in [1.807, 2.05) is 0 Å². The van der Waals surface area contributed by atoms with Crippen LogP contribution in [0.15, 0.2) is 23.4 Å². The van der Waals surface area contributed by atoms with E-state index >= 15 is 0 Å². The normalized spacial score (nSPS) is 21.7. The molecule has 0 aliphatic carbocycles. The summed E-state index contributed by atoms with van der Waals surface area (Å²) in [6.07, 6.45) is 0. The van der Waals surface area contributed by atoms with Gasteiger partial charge in [-0.2, -0.15) is 0 Å². The molecular formula is C15H23FN4O. The first kappa shape index (κ1) is 15.7. The summed E-state index contributed by atoms with van der Waals surface area (Å²) in [5, 5.41) is 11.5. The van der Waals surface area contributed by atoms with Gasteiger partial charge in [0.1, 0.15) is 5.82 Å². The third kappa shape index (κ3) is 3.71. The fourth-order valence-corrected chi connectivity index (χ4v) is 2.82. The maximum absolute atomic E-state index is 14.1. The molecule has 1 aliphatic heterocycles. The van der Waals surface area contributed by atoms with Crippen molar-refractivity contribution in [2.45, 2.75) is 26.4 Å². The van der Waals surface area contributed by atoms with Gasteiger partial charge in [0.05, 0.1) is 0 Å². The third-order valence-electron chi connectivity index (χ3n) is 4.11. The van der Waals surface area contributed by atoms with Gasteiger partial charge in [0, 0.05) is 43.3 Å². The van der Waals surface area contributed by atoms with Gasteiger partial charge in [0.2, 0.25) is 0 Å². The summed E-state index contributed by atoms with van der Waals surface area (Å²) in [4.78, 5) is 4.69. The van der Waals surface area contributed by atoms with E-state index in [4.69, 9.17) is 10.9 Å². The van der Waals surface area contributed by atoms with Crippen molar-refractivity contribution in [1.29, 1.82) is 0 Å². The summed E-state index contributed by atoms with van der Waals surface area (Å²) in [6, 6.07) is 5.19. The van der Waals surface area contributed by atoms with E-state index in [2.05, 4.69) is 28.8 Å². The van der Waals surface area contributed by atoms with Crippen LogP contribution in [0.1, 0.15) is 25.0 Å². The van der Waals surface area contributed by atoms with Crippen LogP contribution in [0.5, 0.6) is 0 Å². The third-order valence-corrected chi connectivity index (χ3v) is 4.11. The lowest BCUT2D eigenvalue weighted by Crippen LogP contribution is -2.51. The predicted molar refractivity (Wildman–Crippen MR) is 80.9 cm³/mol. The second-order valence-electron chi connectivity index (χ2n) is 5.50. The van der Waals surface area contributed by atoms with Crippen LogP contribution in [0.25, 0.3) is 0 Å². The molecule has 0 radical (unpaired) electrons. The second kappa shape index (κ2) is 6.87. The number of benzene rings is 1. The average Bonchev–Trinajstić information content (AvgIpc) is 2.48. The van der Waals surface area contributed by atoms with E-state index in [0.717, 1.165) is 26.2 Å². The van der Waals surface area contributed by atoms with E-state index in [9.17, 15) is 4.39 Å². The Morgan fingerprint density at radius 2 is 2.24 bits per heavy atom. The summed E-state index contributed by atoms with van der Waals surface area (Å²) < 4.78 is 14.1. The minimum atomic E-state index is -0.315. The Hall–Kier alpha value is -1.66. The van der Waals surface area contributed by atoms with Gasteiger partial charge in [0.25, 0.3) is 0 Å². The molecule has 0 amide bonds. The van der Waals surface area contributed by atoms with E-state index in [1.54, 1.807) is 12.1 Å². The molecule has 5 nitrogen and oxygen atoms in total. The topological polar surface area (TPSA) is 65.1 Å². The van der Waals surface area contributed by atoms with Crippen LogP contribution in [-0.2, 0) is 6.54 Å². The molecule has 6 heteroatoms. The van der Waals surface area contributed by atoms with Crippen LogP contribution in [-0.4, -0.2) is 53.1 Å². The van der Waals surface area contributed by atoms with Crippen molar-refractivity contribution in [1.82, 2.24) is 9.80 Å². The molecule has 1 atom stereocenters. The fraction of sp³-hybridized carbons (Fsp3) is 0.533. The van der Waals surface area contributed by atoms with Crippen LogP contribution < -0.4 is 5.73 Å². The maximum atomic E-state index is 14.1. The maximum Gasteiger partial charge on any atom is 0.170 e. The Balaban J connectivity index is 2.04. The van der Waals surface area contributed by atoms with Crippen molar-refractivity contribution >= 4 is 5.84 Å². The van der Waals surface area contributed by atoms with Gasteiger partial charge in [-0.3, -0.25) is 9.80 Å². The molecule has 0 spiro atoms. The fourth-order valence-electron chi connectivity index (χ4n) is 2.82. The van der Waals surface area contributed by atoms with Crippen molar-refractivity contribution < 1.29 is 9.60 Å². The highest BCUT2D eigenvalue weighted by molar-refractivity contribution is 5.97. The number of nitrogens with two attached hydrogens (primary N) is 1. The van der Waals surface area contributed by atoms with Gasteiger partial charge in [-0.15, -0.1) is 0 Å². The number of likely N-dealkylation sites (N-methyl/N-ethyl adjacent to an activating group) is 1. The molecule has 1 saturated heterocycles. The lowest BCUT2D eigenvalue weighted by molar-refractivity contribution is 0.0827. The van der Waals surface area contributed by atoms with E-state index in [0.29, 0.717) is 23.7 Å². The van der Waals surface area contributed by atoms with Crippen molar-refractivity contribution in [3.8, 4) is 0 Å². The predicted octanol–water partition coefficient (Wildman–Crippen LogP) is 1.45. The molecular weight excluding hydrogens is 271 g/mol. The summed E-state index contributed by atoms with van der Waals surface area (Å²) in [5.74, 6) is -0.393. The molecule has 2 rings (SSSR count). The summed E-state index contributed by atoms with van der Waals surface area (Å²) in [7, 11) is 0. The minimum absolute atomic E-state index is 0.0781. The number of nitrogens with zero attached hydrogens (tertiary/aromatic N) is 3. The molecule has 0 aromatic heterocycles. The van der Waals surface area contributed by atoms with Gasteiger partial charge >= 0.3 is 0 Å². The lowest BCUT2D eigenvalue weighted by atomic mass is 10.1. The Kier molecular flexibility index (Phi) is 5.14. The van der Waals surface area contributed by atoms with Crippen LogP contribution in [0.2, 0.25) is 0 Å². The molecule has 1 aromatic carbocycles. The van der Waals surface area contributed by atoms with Crippen molar-refractivity contribution in [2.24, 2.45) is 10.9 Å². The van der Waals surface area contributed by atoms with Gasteiger partial charge in [0.15, 0.2) is 5.84 Å². The summed E-state index contributed by atoms with van der Waals surface area (Å²) in [5.41, 5.74) is 6.50. The zero-order chi connectivity index (χ0) is 15.4. The lowest BCUT2D eigenvalue weighted by Gasteiger charge is -2.39. The van der Waals surface area contributed by atoms with Gasteiger partial charge in [-0.25, -0.2) is 4.39 Å². The highest BCUT2D eigenvalue weighted by Crippen LogP contribution is 2.16. The molecule has 1 unspecified atom stereocenters. The number of piperazine rings is 1. The molecule has 1 aromatic rings. The highest BCUT2D eigenvalue weighted by atomic mass is 19.1. The van der Waals surface area contributed by atoms with Crippen molar-refractivity contribution in [3.05, 3.63) is 35.1 Å². The smallest absolute Gasteiger partial charge is 0.170 e. The zero-order valence-electron chi connectivity index (χ0n) is 12.6. The van der Waals surface area contributed by atoms with Crippen molar-refractivity contribution in [3.63, 3.8) is 0 Å². The van der Waals surface area contributed by atoms with E-state index < -0.39 is 0 Å². The molecule has 0 saturated carbocycles. The van der Waals surface area contributed by atoms with Crippen LogP contribution in [0.3, 0.4) is 0 Å². The summed E-state index contributed by atoms with van der Waals surface area (Å²) >= 11 is 0. The SMILES string of the molecule is CCN1CCN(Cc2ccc(C(N)=NO)cc2F)CC1C. The number of oxime groups is 1. The molecule has 3 N–H and O–H groups in total. The molecule has 0 bridgehead atoms. The van der Waals surface area contributed by atoms with E-state index in [-0.39, 0.29) is 11.7 Å². The van der Waals surface area contributed by atoms with Crippen molar-refractivity contribution in [2.75, 3.05) is 26.2 Å². The Morgan fingerprint density at radius 3 is 2.81 bits per heavy atom. The number of hydrogen-bond donors (Lipinski definition) is 2. The second-order valence-corrected chi connectivity index (χ2v) is 5.50. The first-order valence-corrected chi connectivity index (χ1v) is 7.27. The first-order chi connectivity index (χ1) is 10.0. The zero-order valence-corrected chi connectivity index (χ0v) is 12.6. The monoisotopic (exact) mass is 294 g/mol. The van der Waals surface area contributed by atoms with Gasteiger partial charge in [-0.05, 0) is 19.5 Å². The molecule has 1 heterocycles. The average molecular weight is 294 g/mol. The van der Waals surface area contributed by atoms with Crippen LogP contribution in [0, 0.1) is 5.82 Å². The molecule has 21 heavy (non-hydrogen) atoms. The Bertz CT molecular complexity index is 520. The first-order valence-electron chi connectivity index (χ1n) is 7.27. The molecule has 1 fully saturated rings. The number of halogens is 1. The standard InChI is InChI=1S/C15H23FN4O/c1-3-20-7-6-19(9-11(20)2)10-13-5-4-12(8-14(13)16)15(17)18-21/h4-5,8,11,21H,3,6-7,9-10H2,1-2H3,(H2,17,18). The number of rotatable bonds is 4. The Labute approximate surface area is 124 Å². The summed E-state index contributed by atoms with van der Waals surface area (Å²) in [6.45, 7) is 8.91. The number of hydrogen-bond acceptors (Lipinski definition) is 4. The molecule has 1 aliphatic rings. The molecule has 116 valence electrons. The number of amidine groups is 1. The Morgan fingerprint density at radius 1 is 1.48 bits per heavy atom. The van der Waals surface area contributed by atoms with Gasteiger partial charge in [-0.1, -0.05) is 24.2 Å². The van der Waals surface area contributed by atoms with Gasteiger partial charge < -0.3 is 10.9 Å².